The van der Waals surface area contributed by atoms with Crippen molar-refractivity contribution >= 4 is 11.6 Å². The first kappa shape index (κ1) is 14.8. The molecule has 3 unspecified atom stereocenters. The minimum absolute atomic E-state index is 0.394. The summed E-state index contributed by atoms with van der Waals surface area (Å²) in [7, 11) is 0. The van der Waals surface area contributed by atoms with Crippen molar-refractivity contribution in [1.29, 1.82) is 0 Å². The summed E-state index contributed by atoms with van der Waals surface area (Å²) in [5.41, 5.74) is 7.28. The van der Waals surface area contributed by atoms with Crippen molar-refractivity contribution in [2.75, 3.05) is 13.1 Å². The van der Waals surface area contributed by atoms with Gasteiger partial charge in [0.2, 0.25) is 0 Å². The first-order chi connectivity index (χ1) is 9.15. The van der Waals surface area contributed by atoms with Gasteiger partial charge >= 0.3 is 0 Å². The molecule has 0 bridgehead atoms. The Morgan fingerprint density at radius 1 is 1.47 bits per heavy atom. The van der Waals surface area contributed by atoms with Gasteiger partial charge in [0, 0.05) is 23.7 Å². The Morgan fingerprint density at radius 2 is 2.26 bits per heavy atom. The van der Waals surface area contributed by atoms with Gasteiger partial charge in [0.25, 0.3) is 0 Å². The van der Waals surface area contributed by atoms with E-state index in [1.54, 1.807) is 0 Å². The van der Waals surface area contributed by atoms with E-state index >= 15 is 0 Å². The molecule has 2 N–H and O–H groups in total. The smallest absolute Gasteiger partial charge is 0.0409 e. The average Bonchev–Trinajstić information content (AvgIpc) is 2.45. The Labute approximate surface area is 121 Å². The summed E-state index contributed by atoms with van der Waals surface area (Å²) in [6.07, 6.45) is 3.80. The predicted molar refractivity (Wildman–Crippen MR) is 82.4 cm³/mol. The van der Waals surface area contributed by atoms with Gasteiger partial charge in [-0.05, 0) is 49.9 Å². The molecule has 1 aromatic carbocycles. The lowest BCUT2D eigenvalue weighted by molar-refractivity contribution is 0.0773. The van der Waals surface area contributed by atoms with Crippen LogP contribution in [0.25, 0.3) is 0 Å². The van der Waals surface area contributed by atoms with E-state index in [1.165, 1.54) is 24.8 Å². The Morgan fingerprint density at radius 3 is 2.89 bits per heavy atom. The van der Waals surface area contributed by atoms with Crippen LogP contribution in [0.2, 0.25) is 5.02 Å². The fourth-order valence-electron chi connectivity index (χ4n) is 3.22. The van der Waals surface area contributed by atoms with E-state index in [4.69, 9.17) is 17.3 Å². The molecule has 2 nitrogen and oxygen atoms in total. The van der Waals surface area contributed by atoms with Gasteiger partial charge in [-0.25, -0.2) is 0 Å². The minimum Gasteiger partial charge on any atom is -0.329 e. The van der Waals surface area contributed by atoms with E-state index in [0.29, 0.717) is 12.1 Å². The molecule has 1 aromatic rings. The molecule has 0 spiro atoms. The second kappa shape index (κ2) is 6.74. The summed E-state index contributed by atoms with van der Waals surface area (Å²) >= 11 is 6.10. The number of hydrogen-bond donors (Lipinski definition) is 1. The van der Waals surface area contributed by atoms with Crippen molar-refractivity contribution < 1.29 is 0 Å². The molecule has 1 aliphatic heterocycles. The van der Waals surface area contributed by atoms with E-state index in [9.17, 15) is 0 Å². The summed E-state index contributed by atoms with van der Waals surface area (Å²) in [4.78, 5) is 2.55. The highest BCUT2D eigenvalue weighted by molar-refractivity contribution is 6.30. The first-order valence-electron chi connectivity index (χ1n) is 7.37. The number of nitrogens with zero attached hydrogens (tertiary/aromatic N) is 1. The third-order valence-electron chi connectivity index (χ3n) is 4.55. The molecule has 0 saturated carbocycles. The summed E-state index contributed by atoms with van der Waals surface area (Å²) in [6, 6.07) is 9.10. The molecular formula is C16H25ClN2. The summed E-state index contributed by atoms with van der Waals surface area (Å²) in [6.45, 7) is 6.45. The highest BCUT2D eigenvalue weighted by Crippen LogP contribution is 2.32. The van der Waals surface area contributed by atoms with Gasteiger partial charge < -0.3 is 5.73 Å². The summed E-state index contributed by atoms with van der Waals surface area (Å²) < 4.78 is 0. The van der Waals surface area contributed by atoms with Crippen LogP contribution >= 0.6 is 11.6 Å². The number of hydrogen-bond acceptors (Lipinski definition) is 2. The molecule has 1 aliphatic rings. The fraction of sp³-hybridized carbons (Fsp3) is 0.625. The van der Waals surface area contributed by atoms with Crippen molar-refractivity contribution in [3.63, 3.8) is 0 Å². The molecule has 0 aliphatic carbocycles. The van der Waals surface area contributed by atoms with Crippen LogP contribution in [0.15, 0.2) is 24.3 Å². The number of benzene rings is 1. The first-order valence-corrected chi connectivity index (χ1v) is 7.74. The zero-order valence-corrected chi connectivity index (χ0v) is 12.7. The SMILES string of the molecule is CCC1CCN(C(C)c2cccc(Cl)c2)C(CN)C1. The standard InChI is InChI=1S/C16H25ClN2/c1-3-13-7-8-19(16(9-13)11-18)12(2)14-5-4-6-15(17)10-14/h4-6,10,12-13,16H,3,7-9,11,18H2,1-2H3. The maximum atomic E-state index is 6.10. The predicted octanol–water partition coefficient (Wildman–Crippen LogP) is 3.85. The highest BCUT2D eigenvalue weighted by atomic mass is 35.5. The second-order valence-electron chi connectivity index (χ2n) is 5.66. The molecule has 0 aromatic heterocycles. The number of nitrogens with two attached hydrogens (primary N) is 1. The van der Waals surface area contributed by atoms with Crippen LogP contribution in [-0.2, 0) is 0 Å². The molecule has 1 heterocycles. The van der Waals surface area contributed by atoms with Crippen LogP contribution < -0.4 is 5.73 Å². The summed E-state index contributed by atoms with van der Waals surface area (Å²) in [5, 5.41) is 0.817. The largest absolute Gasteiger partial charge is 0.329 e. The van der Waals surface area contributed by atoms with Crippen LogP contribution in [0, 0.1) is 5.92 Å². The lowest BCUT2D eigenvalue weighted by Crippen LogP contribution is -2.47. The van der Waals surface area contributed by atoms with Gasteiger partial charge in [0.15, 0.2) is 0 Å². The van der Waals surface area contributed by atoms with Gasteiger partial charge in [-0.15, -0.1) is 0 Å². The zero-order valence-electron chi connectivity index (χ0n) is 12.0. The van der Waals surface area contributed by atoms with Crippen molar-refractivity contribution in [2.45, 2.75) is 45.2 Å². The molecule has 19 heavy (non-hydrogen) atoms. The molecule has 1 saturated heterocycles. The molecular weight excluding hydrogens is 256 g/mol. The molecule has 2 rings (SSSR count). The quantitative estimate of drug-likeness (QED) is 0.908. The minimum atomic E-state index is 0.394. The van der Waals surface area contributed by atoms with E-state index in [-0.39, 0.29) is 0 Å². The average molecular weight is 281 g/mol. The van der Waals surface area contributed by atoms with Crippen molar-refractivity contribution in [2.24, 2.45) is 11.7 Å². The molecule has 106 valence electrons. The van der Waals surface area contributed by atoms with Crippen LogP contribution in [0.3, 0.4) is 0 Å². The van der Waals surface area contributed by atoms with E-state index < -0.39 is 0 Å². The monoisotopic (exact) mass is 280 g/mol. The van der Waals surface area contributed by atoms with Gasteiger partial charge in [-0.2, -0.15) is 0 Å². The highest BCUT2D eigenvalue weighted by Gasteiger charge is 2.30. The van der Waals surface area contributed by atoms with Gasteiger partial charge in [0.05, 0.1) is 0 Å². The number of halogens is 1. The lowest BCUT2D eigenvalue weighted by Gasteiger charge is -2.42. The molecule has 0 radical (unpaired) electrons. The molecule has 1 fully saturated rings. The van der Waals surface area contributed by atoms with Crippen molar-refractivity contribution in [3.8, 4) is 0 Å². The fourth-order valence-corrected chi connectivity index (χ4v) is 3.42. The summed E-state index contributed by atoms with van der Waals surface area (Å²) in [5.74, 6) is 0.844. The Balaban J connectivity index is 2.11. The van der Waals surface area contributed by atoms with Gasteiger partial charge in [-0.1, -0.05) is 37.1 Å². The second-order valence-corrected chi connectivity index (χ2v) is 6.09. The Kier molecular flexibility index (Phi) is 5.26. The third kappa shape index (κ3) is 3.50. The van der Waals surface area contributed by atoms with E-state index in [1.807, 2.05) is 12.1 Å². The lowest BCUT2D eigenvalue weighted by atomic mass is 9.87. The number of rotatable bonds is 4. The van der Waals surface area contributed by atoms with Crippen molar-refractivity contribution in [1.82, 2.24) is 4.90 Å². The van der Waals surface area contributed by atoms with E-state index in [2.05, 4.69) is 30.9 Å². The van der Waals surface area contributed by atoms with E-state index in [0.717, 1.165) is 24.0 Å². The normalized spacial score (nSPS) is 26.3. The zero-order chi connectivity index (χ0) is 13.8. The van der Waals surface area contributed by atoms with Crippen LogP contribution in [0.4, 0.5) is 0 Å². The Hall–Kier alpha value is -0.570. The number of piperidine rings is 1. The Bertz CT molecular complexity index is 407. The maximum Gasteiger partial charge on any atom is 0.0409 e. The molecule has 0 amide bonds. The van der Waals surface area contributed by atoms with Gasteiger partial charge in [-0.3, -0.25) is 4.90 Å². The third-order valence-corrected chi connectivity index (χ3v) is 4.78. The van der Waals surface area contributed by atoms with Gasteiger partial charge in [0.1, 0.15) is 0 Å². The van der Waals surface area contributed by atoms with Crippen LogP contribution in [0.5, 0.6) is 0 Å². The van der Waals surface area contributed by atoms with Crippen LogP contribution in [0.1, 0.15) is 44.7 Å². The van der Waals surface area contributed by atoms with Crippen LogP contribution in [-0.4, -0.2) is 24.0 Å². The topological polar surface area (TPSA) is 29.3 Å². The maximum absolute atomic E-state index is 6.10. The number of likely N-dealkylation sites (tertiary alicyclic amines) is 1. The molecule has 3 atom stereocenters. The van der Waals surface area contributed by atoms with Crippen molar-refractivity contribution in [3.05, 3.63) is 34.9 Å². The molecule has 3 heteroatoms.